The number of para-hydroxylation sites is 1. The lowest BCUT2D eigenvalue weighted by Gasteiger charge is -2.30. The van der Waals surface area contributed by atoms with Crippen LogP contribution in [0.3, 0.4) is 0 Å². The minimum absolute atomic E-state index is 0. The van der Waals surface area contributed by atoms with Gasteiger partial charge in [0.15, 0.2) is 5.76 Å². The normalized spacial score (nSPS) is 14.4. The second kappa shape index (κ2) is 90.3. The molecule has 0 radical (unpaired) electrons. The predicted octanol–water partition coefficient (Wildman–Crippen LogP) is 29.0. The fraction of sp³-hybridized carbons (Fsp3) is 0.740. The van der Waals surface area contributed by atoms with Gasteiger partial charge in [0.2, 0.25) is 5.78 Å². The molecule has 2 saturated heterocycles. The third kappa shape index (κ3) is 81.0. The average molecular weight is 1750 g/mol. The first kappa shape index (κ1) is 125. The van der Waals surface area contributed by atoms with Crippen molar-refractivity contribution in [3.05, 3.63) is 112 Å². The number of benzene rings is 3. The number of carbonyl (C=O) groups excluding carboxylic acids is 7. The molecule has 3 aliphatic rings. The molecule has 2 aliphatic heterocycles. The van der Waals surface area contributed by atoms with E-state index in [1.807, 2.05) is 29.9 Å². The van der Waals surface area contributed by atoms with Crippen LogP contribution >= 0.6 is 8.69 Å². The molecule has 0 amide bonds. The van der Waals surface area contributed by atoms with Crippen molar-refractivity contribution in [2.75, 3.05) is 46.1 Å². The van der Waals surface area contributed by atoms with E-state index in [0.29, 0.717) is 76.0 Å². The topological polar surface area (TPSA) is 248 Å². The molecule has 18 nitrogen and oxygen atoms in total. The highest BCUT2D eigenvalue weighted by Crippen LogP contribution is 2.34. The van der Waals surface area contributed by atoms with E-state index in [0.717, 1.165) is 141 Å². The first-order chi connectivity index (χ1) is 58.4. The van der Waals surface area contributed by atoms with Gasteiger partial charge in [-0.2, -0.15) is 0 Å². The first-order valence-electron chi connectivity index (χ1n) is 47.6. The standard InChI is InChI=1S/C26H50O3.C19H36O4.C18H34O4.C11H17NO3.C9H12.C8H10.C6H5O2P.C4H10.CH2O.2CH4/c1-3-5-7-9-12-16-20-24-25(29-24)21-17-13-11-14-18-22-26(27)28-23-19-15-10-8-6-4-2;1-3-5-7-9-11-13-15-22-18(20)17-19(21)23-16-14-12-10-8-6-4-2;1-3-5-15-21-17(19)13-11-9-7-8-10-12-14-18(20)22-16-6-4-2;1-11(15)7-8(9(13)10(11)14)12-5-3-2-4-6-12;1-7-4-5-8(2)9(3)6-7;1-7-5-3-4-6-8(7)2;7-9-8-6-4-2-1-3-5-6;1-4(2)3;1-2;;/h24-25H,3-23H2,1-2H3;3-17H2,1-2H3;3-16H2,1-2H3;13,15H,2-7H2,1H3;4-6H,1-3H3;3-6H,1-2H3;1-5H;4H,1-3H3;1H2;2*1H4. The van der Waals surface area contributed by atoms with Gasteiger partial charge in [-0.05, 0) is 165 Å². The number of Topliss-reactive ketones (excluding diaryl/α,β-unsaturated/α-hetero) is 1. The number of rotatable bonds is 56. The maximum atomic E-state index is 11.7. The number of hydrogen-bond acceptors (Lipinski definition) is 18. The first-order valence-corrected chi connectivity index (χ1v) is 48.4. The number of aryl methyl sites for hydroxylation is 5. The van der Waals surface area contributed by atoms with Crippen molar-refractivity contribution in [1.82, 2.24) is 4.90 Å². The second-order valence-corrected chi connectivity index (χ2v) is 33.8. The molecule has 3 aromatic rings. The number of piperidine rings is 1. The van der Waals surface area contributed by atoms with Gasteiger partial charge in [0.05, 0.1) is 50.9 Å². The molecule has 3 atom stereocenters. The SMILES string of the molecule is C.C.C=O.CC(C)C.CC1(O)CC(N2CCCCC2)=C(O)C1=O.CCCCCCCCOC(=O)CC(=O)OCCCCCCCC.CCCCCCCCOC(=O)CCCCCCCC1OC1CCCCCCCC.CCCCOC(=O)CCCCCCCCC(=O)OCCCC.Cc1ccc(C)c(C)c1.Cc1ccccc1C.O=POc1ccccc1. The molecule has 19 heteroatoms. The van der Waals surface area contributed by atoms with Crippen molar-refractivity contribution >= 4 is 51.1 Å². The van der Waals surface area contributed by atoms with Gasteiger partial charge in [-0.1, -0.05) is 342 Å². The smallest absolute Gasteiger partial charge is 0.395 e. The number of ketones is 1. The van der Waals surface area contributed by atoms with Crippen LogP contribution in [0.1, 0.15) is 427 Å². The van der Waals surface area contributed by atoms with Crippen molar-refractivity contribution in [3.8, 4) is 5.75 Å². The quantitative estimate of drug-likeness (QED) is 0.0133. The highest BCUT2D eigenvalue weighted by Gasteiger charge is 2.44. The molecule has 712 valence electrons. The largest absolute Gasteiger partial charge is 0.503 e. The summed E-state index contributed by atoms with van der Waals surface area (Å²) in [5, 5.41) is 19.4. The second-order valence-electron chi connectivity index (χ2n) is 33.5. The molecule has 1 aliphatic carbocycles. The van der Waals surface area contributed by atoms with Gasteiger partial charge in [-0.3, -0.25) is 28.8 Å². The minimum atomic E-state index is -1.41. The van der Waals surface area contributed by atoms with Crippen LogP contribution in [0.15, 0.2) is 84.3 Å². The van der Waals surface area contributed by atoms with Crippen LogP contribution in [0.25, 0.3) is 0 Å². The Kier molecular flexibility index (Phi) is 91.8. The highest BCUT2D eigenvalue weighted by molar-refractivity contribution is 7.17. The summed E-state index contributed by atoms with van der Waals surface area (Å²) >= 11 is 0. The van der Waals surface area contributed by atoms with E-state index < -0.39 is 23.3 Å². The number of epoxide rings is 1. The molecular formula is C104H184NO17P. The third-order valence-corrected chi connectivity index (χ3v) is 21.0. The number of ether oxygens (including phenoxy) is 6. The van der Waals surface area contributed by atoms with Gasteiger partial charge >= 0.3 is 38.5 Å². The molecule has 6 rings (SSSR count). The third-order valence-electron chi connectivity index (χ3n) is 20.7. The van der Waals surface area contributed by atoms with E-state index >= 15 is 0 Å². The van der Waals surface area contributed by atoms with Crippen molar-refractivity contribution in [3.63, 3.8) is 0 Å². The molecule has 2 heterocycles. The van der Waals surface area contributed by atoms with Crippen LogP contribution in [-0.4, -0.2) is 121 Å². The van der Waals surface area contributed by atoms with Gasteiger partial charge in [0.1, 0.15) is 24.6 Å². The van der Waals surface area contributed by atoms with Gasteiger partial charge < -0.3 is 52.9 Å². The number of hydrogen-bond donors (Lipinski definition) is 2. The van der Waals surface area contributed by atoms with Crippen LogP contribution in [-0.2, 0) is 66.5 Å². The van der Waals surface area contributed by atoms with Crippen LogP contribution in [0.5, 0.6) is 5.75 Å². The molecule has 2 N–H and O–H groups in total. The van der Waals surface area contributed by atoms with E-state index in [1.165, 1.54) is 195 Å². The number of likely N-dealkylation sites (tertiary alicyclic amines) is 1. The summed E-state index contributed by atoms with van der Waals surface area (Å²) in [6.45, 7) is 38.0. The van der Waals surface area contributed by atoms with Crippen LogP contribution in [0.4, 0.5) is 0 Å². The zero-order valence-electron chi connectivity index (χ0n) is 79.4. The summed E-state index contributed by atoms with van der Waals surface area (Å²) in [5.41, 5.74) is 6.06. The fourth-order valence-corrected chi connectivity index (χ4v) is 13.1. The number of nitrogens with zero attached hydrogens (tertiary/aromatic N) is 1. The zero-order chi connectivity index (χ0) is 90.6. The van der Waals surface area contributed by atoms with Crippen LogP contribution < -0.4 is 4.52 Å². The summed E-state index contributed by atoms with van der Waals surface area (Å²) in [7, 11) is -0.305. The summed E-state index contributed by atoms with van der Waals surface area (Å²) in [6.07, 6.45) is 54.2. The lowest BCUT2D eigenvalue weighted by Crippen LogP contribution is -2.33. The monoisotopic (exact) mass is 1750 g/mol. The summed E-state index contributed by atoms with van der Waals surface area (Å²) in [6, 6.07) is 23.9. The fourth-order valence-electron chi connectivity index (χ4n) is 12.9. The van der Waals surface area contributed by atoms with E-state index in [1.54, 1.807) is 12.1 Å². The highest BCUT2D eigenvalue weighted by atomic mass is 31.1. The van der Waals surface area contributed by atoms with E-state index in [4.69, 9.17) is 33.2 Å². The summed E-state index contributed by atoms with van der Waals surface area (Å²) in [5.74, 6) is -0.383. The van der Waals surface area contributed by atoms with Crippen LogP contribution in [0.2, 0.25) is 0 Å². The lowest BCUT2D eigenvalue weighted by atomic mass is 10.0. The van der Waals surface area contributed by atoms with E-state index in [2.05, 4.69) is 144 Å². The molecule has 0 aromatic heterocycles. The van der Waals surface area contributed by atoms with Gasteiger partial charge in [0.25, 0.3) is 0 Å². The van der Waals surface area contributed by atoms with Gasteiger partial charge in [0, 0.05) is 38.8 Å². The van der Waals surface area contributed by atoms with Gasteiger partial charge in [-0.15, -0.1) is 0 Å². The Morgan fingerprint density at radius 3 is 1.07 bits per heavy atom. The minimum Gasteiger partial charge on any atom is -0.503 e. The molecular weight excluding hydrogens is 1570 g/mol. The number of aliphatic hydroxyl groups excluding tert-OH is 1. The zero-order valence-corrected chi connectivity index (χ0v) is 80.3. The van der Waals surface area contributed by atoms with Gasteiger partial charge in [-0.25, -0.2) is 4.57 Å². The molecule has 3 unspecified atom stereocenters. The molecule has 123 heavy (non-hydrogen) atoms. The maximum absolute atomic E-state index is 11.7. The number of carbonyl (C=O) groups is 7. The Morgan fingerprint density at radius 1 is 0.439 bits per heavy atom. The Hall–Kier alpha value is -6.49. The lowest BCUT2D eigenvalue weighted by molar-refractivity contribution is -0.155. The Labute approximate surface area is 754 Å². The Morgan fingerprint density at radius 2 is 0.748 bits per heavy atom. The van der Waals surface area contributed by atoms with Crippen LogP contribution in [0, 0.1) is 40.5 Å². The number of esters is 5. The Balaban J connectivity index is -0.000000451. The van der Waals surface area contributed by atoms with E-state index in [-0.39, 0.29) is 60.0 Å². The molecule has 2 fully saturated rings. The predicted molar refractivity (Wildman–Crippen MR) is 513 cm³/mol. The summed E-state index contributed by atoms with van der Waals surface area (Å²) in [4.78, 5) is 78.9. The van der Waals surface area contributed by atoms with E-state index in [9.17, 15) is 43.5 Å². The number of aliphatic hydroxyl groups is 2. The van der Waals surface area contributed by atoms with Crippen molar-refractivity contribution in [1.29, 1.82) is 0 Å². The average Bonchev–Trinajstić information content (AvgIpc) is 1.62. The molecule has 0 saturated carbocycles. The maximum Gasteiger partial charge on any atom is 0.395 e. The molecule has 0 bridgehead atoms. The van der Waals surface area contributed by atoms with Crippen molar-refractivity contribution < 1.29 is 81.3 Å². The number of unbranched alkanes of at least 4 members (excludes halogenated alkanes) is 31. The molecule has 0 spiro atoms. The van der Waals surface area contributed by atoms with Crippen molar-refractivity contribution in [2.24, 2.45) is 5.92 Å². The van der Waals surface area contributed by atoms with Crippen molar-refractivity contribution in [2.45, 2.75) is 451 Å². The molecule has 3 aromatic carbocycles. The summed E-state index contributed by atoms with van der Waals surface area (Å²) < 4.78 is 45.9. The Bertz CT molecular complexity index is 2910.